The molecule has 8 heteroatoms. The maximum absolute atomic E-state index is 12.8. The van der Waals surface area contributed by atoms with Crippen molar-refractivity contribution in [3.63, 3.8) is 0 Å². The van der Waals surface area contributed by atoms with Crippen LogP contribution in [0.1, 0.15) is 29.8 Å². The van der Waals surface area contributed by atoms with Crippen LogP contribution < -0.4 is 25.2 Å². The molecule has 30 heavy (non-hydrogen) atoms. The van der Waals surface area contributed by atoms with E-state index in [1.807, 2.05) is 0 Å². The van der Waals surface area contributed by atoms with Gasteiger partial charge in [0.2, 0.25) is 6.79 Å². The van der Waals surface area contributed by atoms with Crippen molar-refractivity contribution in [3.8, 4) is 11.5 Å². The van der Waals surface area contributed by atoms with Crippen molar-refractivity contribution in [2.45, 2.75) is 19.9 Å². The fraction of sp³-hybridized carbons (Fsp3) is 0.227. The molecule has 156 valence electrons. The summed E-state index contributed by atoms with van der Waals surface area (Å²) in [6.45, 7) is 3.39. The van der Waals surface area contributed by atoms with E-state index in [-0.39, 0.29) is 12.5 Å². The first-order valence-electron chi connectivity index (χ1n) is 9.34. The van der Waals surface area contributed by atoms with Crippen LogP contribution in [0.25, 0.3) is 6.08 Å². The lowest BCUT2D eigenvalue weighted by atomic mass is 10.0. The summed E-state index contributed by atoms with van der Waals surface area (Å²) in [6, 6.07) is 12.2. The molecule has 0 bridgehead atoms. The van der Waals surface area contributed by atoms with Crippen molar-refractivity contribution in [1.29, 1.82) is 0 Å². The molecule has 1 atom stereocenters. The Kier molecular flexibility index (Phi) is 6.36. The van der Waals surface area contributed by atoms with Gasteiger partial charge >= 0.3 is 0 Å². The first kappa shape index (κ1) is 20.9. The van der Waals surface area contributed by atoms with Gasteiger partial charge in [-0.1, -0.05) is 38.1 Å². The molecule has 2 aromatic rings. The van der Waals surface area contributed by atoms with Crippen molar-refractivity contribution in [2.75, 3.05) is 6.79 Å². The zero-order valence-corrected chi connectivity index (χ0v) is 16.5. The number of rotatable bonds is 7. The van der Waals surface area contributed by atoms with Gasteiger partial charge in [0.15, 0.2) is 11.5 Å². The van der Waals surface area contributed by atoms with Gasteiger partial charge in [-0.2, -0.15) is 0 Å². The number of carbonyl (C=O) groups is 3. The number of nitrogens with one attached hydrogen (secondary N) is 2. The van der Waals surface area contributed by atoms with Gasteiger partial charge in [-0.05, 0) is 41.8 Å². The van der Waals surface area contributed by atoms with E-state index >= 15 is 0 Å². The van der Waals surface area contributed by atoms with Crippen LogP contribution in [0.3, 0.4) is 0 Å². The minimum absolute atomic E-state index is 0.0995. The number of carboxylic acids is 1. The molecule has 1 aliphatic rings. The molecule has 0 radical (unpaired) electrons. The maximum atomic E-state index is 12.8. The number of carboxylic acid groups (broad SMARTS) is 1. The Morgan fingerprint density at radius 3 is 2.40 bits per heavy atom. The van der Waals surface area contributed by atoms with Crippen LogP contribution >= 0.6 is 0 Å². The molecule has 1 heterocycles. The standard InChI is InChI=1S/C22H22N2O6/c1-13(2)19(22(27)28)24-21(26)16(23-20(25)15-6-4-3-5-7-15)10-14-8-9-17-18(11-14)30-12-29-17/h3-11,13,19H,12H2,1-2H3,(H,23,25)(H,24,26)(H,27,28)/p-1/b16-10+/t19-/m0/s1. The summed E-state index contributed by atoms with van der Waals surface area (Å²) in [6.07, 6.45) is 1.44. The van der Waals surface area contributed by atoms with Crippen LogP contribution in [-0.4, -0.2) is 30.6 Å². The van der Waals surface area contributed by atoms with E-state index in [0.717, 1.165) is 0 Å². The van der Waals surface area contributed by atoms with Crippen molar-refractivity contribution in [3.05, 3.63) is 65.4 Å². The molecule has 0 spiro atoms. The van der Waals surface area contributed by atoms with Crippen molar-refractivity contribution < 1.29 is 29.0 Å². The van der Waals surface area contributed by atoms with E-state index in [2.05, 4.69) is 10.6 Å². The van der Waals surface area contributed by atoms with Gasteiger partial charge in [0, 0.05) is 5.56 Å². The van der Waals surface area contributed by atoms with E-state index in [1.165, 1.54) is 6.08 Å². The molecular formula is C22H21N2O6-. The Balaban J connectivity index is 1.90. The second kappa shape index (κ2) is 9.13. The molecule has 1 aliphatic heterocycles. The van der Waals surface area contributed by atoms with Gasteiger partial charge in [-0.3, -0.25) is 9.59 Å². The minimum atomic E-state index is -1.41. The average molecular weight is 409 g/mol. The normalized spacial score (nSPS) is 13.6. The Morgan fingerprint density at radius 1 is 1.03 bits per heavy atom. The van der Waals surface area contributed by atoms with E-state index < -0.39 is 29.7 Å². The fourth-order valence-corrected chi connectivity index (χ4v) is 2.83. The van der Waals surface area contributed by atoms with E-state index in [0.29, 0.717) is 22.6 Å². The minimum Gasteiger partial charge on any atom is -0.548 e. The quantitative estimate of drug-likeness (QED) is 0.661. The molecule has 3 rings (SSSR count). The van der Waals surface area contributed by atoms with Crippen LogP contribution in [0, 0.1) is 5.92 Å². The van der Waals surface area contributed by atoms with Gasteiger partial charge < -0.3 is 30.0 Å². The summed E-state index contributed by atoms with van der Waals surface area (Å²) >= 11 is 0. The highest BCUT2D eigenvalue weighted by Crippen LogP contribution is 2.33. The molecule has 0 aromatic heterocycles. The monoisotopic (exact) mass is 409 g/mol. The van der Waals surface area contributed by atoms with E-state index in [9.17, 15) is 19.5 Å². The van der Waals surface area contributed by atoms with Crippen molar-refractivity contribution in [2.24, 2.45) is 5.92 Å². The molecule has 2 aromatic carbocycles. The first-order chi connectivity index (χ1) is 14.3. The van der Waals surface area contributed by atoms with Crippen molar-refractivity contribution in [1.82, 2.24) is 10.6 Å². The predicted molar refractivity (Wildman–Crippen MR) is 106 cm³/mol. The Morgan fingerprint density at radius 2 is 1.73 bits per heavy atom. The highest BCUT2D eigenvalue weighted by Gasteiger charge is 2.22. The molecule has 2 N–H and O–H groups in total. The predicted octanol–water partition coefficient (Wildman–Crippen LogP) is 1.08. The van der Waals surface area contributed by atoms with Gasteiger partial charge in [-0.25, -0.2) is 0 Å². The SMILES string of the molecule is CC(C)[C@H](NC(=O)/C(=C\c1ccc2c(c1)OCO2)NC(=O)c1ccccc1)C(=O)[O-]. The largest absolute Gasteiger partial charge is 0.548 e. The molecule has 0 saturated carbocycles. The van der Waals surface area contributed by atoms with Gasteiger partial charge in [0.05, 0.1) is 12.0 Å². The molecule has 8 nitrogen and oxygen atoms in total. The summed E-state index contributed by atoms with van der Waals surface area (Å²) in [7, 11) is 0. The van der Waals surface area contributed by atoms with E-state index in [1.54, 1.807) is 62.4 Å². The highest BCUT2D eigenvalue weighted by molar-refractivity contribution is 6.06. The van der Waals surface area contributed by atoms with Crippen LogP contribution in [-0.2, 0) is 9.59 Å². The zero-order chi connectivity index (χ0) is 21.7. The lowest BCUT2D eigenvalue weighted by Crippen LogP contribution is -2.52. The smallest absolute Gasteiger partial charge is 0.268 e. The van der Waals surface area contributed by atoms with Crippen LogP contribution in [0.15, 0.2) is 54.2 Å². The molecule has 0 fully saturated rings. The number of benzene rings is 2. The number of hydrogen-bond acceptors (Lipinski definition) is 6. The lowest BCUT2D eigenvalue weighted by molar-refractivity contribution is -0.309. The van der Waals surface area contributed by atoms with Crippen molar-refractivity contribution >= 4 is 23.9 Å². The second-order valence-electron chi connectivity index (χ2n) is 7.01. The Hall–Kier alpha value is -3.81. The van der Waals surface area contributed by atoms with Crippen LogP contribution in [0.5, 0.6) is 11.5 Å². The summed E-state index contributed by atoms with van der Waals surface area (Å²) in [5.74, 6) is -1.99. The molecular weight excluding hydrogens is 388 g/mol. The zero-order valence-electron chi connectivity index (χ0n) is 16.5. The number of amides is 2. The molecule has 2 amide bonds. The number of hydrogen-bond donors (Lipinski definition) is 2. The summed E-state index contributed by atoms with van der Waals surface area (Å²) in [5.41, 5.74) is 0.795. The summed E-state index contributed by atoms with van der Waals surface area (Å²) < 4.78 is 10.6. The summed E-state index contributed by atoms with van der Waals surface area (Å²) in [5, 5.41) is 16.3. The Labute approximate surface area is 173 Å². The lowest BCUT2D eigenvalue weighted by Gasteiger charge is -2.24. The third-order valence-electron chi connectivity index (χ3n) is 4.44. The number of fused-ring (bicyclic) bond motifs is 1. The topological polar surface area (TPSA) is 117 Å². The van der Waals surface area contributed by atoms with E-state index in [4.69, 9.17) is 9.47 Å². The fourth-order valence-electron chi connectivity index (χ4n) is 2.83. The third kappa shape index (κ3) is 4.96. The third-order valence-corrected chi connectivity index (χ3v) is 4.44. The van der Waals surface area contributed by atoms with Gasteiger partial charge in [0.1, 0.15) is 5.70 Å². The molecule has 0 aliphatic carbocycles. The maximum Gasteiger partial charge on any atom is 0.268 e. The second-order valence-corrected chi connectivity index (χ2v) is 7.01. The Bertz CT molecular complexity index is 984. The van der Waals surface area contributed by atoms with Crippen LogP contribution in [0.4, 0.5) is 0 Å². The number of carbonyl (C=O) groups excluding carboxylic acids is 3. The van der Waals surface area contributed by atoms with Gasteiger partial charge in [-0.15, -0.1) is 0 Å². The first-order valence-corrected chi connectivity index (χ1v) is 9.34. The molecule has 0 saturated heterocycles. The van der Waals surface area contributed by atoms with Gasteiger partial charge in [0.25, 0.3) is 11.8 Å². The molecule has 0 unspecified atom stereocenters. The summed E-state index contributed by atoms with van der Waals surface area (Å²) in [4.78, 5) is 36.8. The number of ether oxygens (including phenoxy) is 2. The highest BCUT2D eigenvalue weighted by atomic mass is 16.7. The average Bonchev–Trinajstić information content (AvgIpc) is 3.19. The number of aliphatic carboxylic acids is 1. The van der Waals surface area contributed by atoms with Crippen LogP contribution in [0.2, 0.25) is 0 Å².